The van der Waals surface area contributed by atoms with Crippen molar-refractivity contribution in [3.05, 3.63) is 35.4 Å². The Morgan fingerprint density at radius 2 is 1.88 bits per heavy atom. The highest BCUT2D eigenvalue weighted by Gasteiger charge is 2.12. The minimum atomic E-state index is -0.949. The van der Waals surface area contributed by atoms with Crippen LogP contribution in [0.3, 0.4) is 0 Å². The first-order valence-electron chi connectivity index (χ1n) is 5.07. The van der Waals surface area contributed by atoms with Gasteiger partial charge in [0.1, 0.15) is 5.78 Å². The van der Waals surface area contributed by atoms with Crippen LogP contribution in [0.1, 0.15) is 18.9 Å². The quantitative estimate of drug-likeness (QED) is 0.755. The maximum absolute atomic E-state index is 12.9. The van der Waals surface area contributed by atoms with Gasteiger partial charge in [-0.25, -0.2) is 8.78 Å². The number of halogens is 2. The Morgan fingerprint density at radius 3 is 2.41 bits per heavy atom. The Kier molecular flexibility index (Phi) is 4.31. The van der Waals surface area contributed by atoms with Gasteiger partial charge >= 0.3 is 0 Å². The van der Waals surface area contributed by atoms with Crippen molar-refractivity contribution in [2.45, 2.75) is 19.9 Å². The lowest BCUT2D eigenvalue weighted by Crippen LogP contribution is -2.27. The lowest BCUT2D eigenvalue weighted by atomic mass is 10.2. The highest BCUT2D eigenvalue weighted by atomic mass is 19.2. The zero-order valence-corrected chi connectivity index (χ0v) is 9.67. The third-order valence-corrected chi connectivity index (χ3v) is 2.23. The van der Waals surface area contributed by atoms with Crippen molar-refractivity contribution in [3.8, 4) is 0 Å². The van der Waals surface area contributed by atoms with E-state index in [0.717, 1.165) is 12.1 Å². The topological polar surface area (TPSA) is 37.4 Å². The van der Waals surface area contributed by atoms with Crippen LogP contribution in [0, 0.1) is 11.6 Å². The fourth-order valence-electron chi connectivity index (χ4n) is 1.35. The molecule has 0 N–H and O–H groups in total. The Morgan fingerprint density at radius 1 is 1.24 bits per heavy atom. The summed E-state index contributed by atoms with van der Waals surface area (Å²) < 4.78 is 25.6. The van der Waals surface area contributed by atoms with Crippen molar-refractivity contribution >= 4 is 11.7 Å². The monoisotopic (exact) mass is 241 g/mol. The molecule has 0 spiro atoms. The van der Waals surface area contributed by atoms with Crippen molar-refractivity contribution < 1.29 is 18.4 Å². The maximum Gasteiger partial charge on any atom is 0.230 e. The molecule has 0 saturated carbocycles. The molecule has 5 heteroatoms. The third kappa shape index (κ3) is 3.94. The first kappa shape index (κ1) is 13.3. The van der Waals surface area contributed by atoms with Gasteiger partial charge in [-0.2, -0.15) is 0 Å². The summed E-state index contributed by atoms with van der Waals surface area (Å²) in [7, 11) is 1.51. The minimum absolute atomic E-state index is 0.142. The summed E-state index contributed by atoms with van der Waals surface area (Å²) in [4.78, 5) is 23.5. The lowest BCUT2D eigenvalue weighted by molar-refractivity contribution is -0.134. The van der Waals surface area contributed by atoms with Gasteiger partial charge in [0.15, 0.2) is 11.6 Å². The van der Waals surface area contributed by atoms with Gasteiger partial charge < -0.3 is 4.90 Å². The molecule has 0 aliphatic rings. The normalized spacial score (nSPS) is 10.1. The molecule has 0 radical (unpaired) electrons. The van der Waals surface area contributed by atoms with Crippen LogP contribution in [0.2, 0.25) is 0 Å². The molecule has 1 amide bonds. The summed E-state index contributed by atoms with van der Waals surface area (Å²) >= 11 is 0. The Balaban J connectivity index is 2.67. The predicted molar refractivity (Wildman–Crippen MR) is 58.1 cm³/mol. The Hall–Kier alpha value is -1.78. The number of nitrogens with zero attached hydrogens (tertiary/aromatic N) is 1. The van der Waals surface area contributed by atoms with Crippen molar-refractivity contribution in [1.29, 1.82) is 0 Å². The number of ketones is 1. The molecule has 0 atom stereocenters. The van der Waals surface area contributed by atoms with Crippen molar-refractivity contribution in [3.63, 3.8) is 0 Å². The fraction of sp³-hybridized carbons (Fsp3) is 0.333. The number of carbonyl (C=O) groups is 2. The van der Waals surface area contributed by atoms with Crippen molar-refractivity contribution in [2.75, 3.05) is 7.05 Å². The first-order chi connectivity index (χ1) is 7.90. The highest BCUT2D eigenvalue weighted by Crippen LogP contribution is 2.10. The number of Topliss-reactive ketones (excluding diaryl/α,β-unsaturated/α-hetero) is 1. The zero-order chi connectivity index (χ0) is 13.0. The van der Waals surface area contributed by atoms with E-state index in [-0.39, 0.29) is 24.7 Å². The predicted octanol–water partition coefficient (Wildman–Crippen LogP) is 1.90. The van der Waals surface area contributed by atoms with Crippen LogP contribution in [0.4, 0.5) is 8.78 Å². The van der Waals surface area contributed by atoms with Gasteiger partial charge in [0, 0.05) is 13.6 Å². The molecule has 0 aliphatic carbocycles. The van der Waals surface area contributed by atoms with E-state index in [9.17, 15) is 18.4 Å². The largest absolute Gasteiger partial charge is 0.341 e. The second-order valence-electron chi connectivity index (χ2n) is 3.88. The van der Waals surface area contributed by atoms with Gasteiger partial charge in [-0.15, -0.1) is 0 Å². The molecular weight excluding hydrogens is 228 g/mol. The highest BCUT2D eigenvalue weighted by molar-refractivity contribution is 5.96. The average molecular weight is 241 g/mol. The number of benzene rings is 1. The molecule has 0 bridgehead atoms. The third-order valence-electron chi connectivity index (χ3n) is 2.23. The number of amides is 1. The van der Waals surface area contributed by atoms with E-state index >= 15 is 0 Å². The summed E-state index contributed by atoms with van der Waals surface area (Å²) in [5.41, 5.74) is 0.475. The molecule has 0 aromatic heterocycles. The molecule has 0 saturated heterocycles. The zero-order valence-electron chi connectivity index (χ0n) is 9.67. The molecule has 1 rings (SSSR count). The van der Waals surface area contributed by atoms with Crippen molar-refractivity contribution in [1.82, 2.24) is 4.90 Å². The van der Waals surface area contributed by atoms with Crippen LogP contribution < -0.4 is 0 Å². The maximum atomic E-state index is 12.9. The molecule has 0 unspecified atom stereocenters. The Bertz CT molecular complexity index is 446. The van der Waals surface area contributed by atoms with Crippen LogP contribution in [0.5, 0.6) is 0 Å². The molecule has 92 valence electrons. The van der Waals surface area contributed by atoms with Gasteiger partial charge in [-0.1, -0.05) is 6.07 Å². The van der Waals surface area contributed by atoms with E-state index in [2.05, 4.69) is 0 Å². The van der Waals surface area contributed by atoms with E-state index in [4.69, 9.17) is 0 Å². The summed E-state index contributed by atoms with van der Waals surface area (Å²) in [6.45, 7) is 1.46. The van der Waals surface area contributed by atoms with Crippen LogP contribution in [0.25, 0.3) is 0 Å². The number of hydrogen-bond acceptors (Lipinski definition) is 2. The van der Waals surface area contributed by atoms with Gasteiger partial charge in [0.05, 0.1) is 6.42 Å². The molecule has 0 heterocycles. The van der Waals surface area contributed by atoms with E-state index in [1.165, 1.54) is 24.9 Å². The second-order valence-corrected chi connectivity index (χ2v) is 3.88. The summed E-state index contributed by atoms with van der Waals surface area (Å²) in [5, 5.41) is 0. The molecular formula is C12H13F2NO2. The number of rotatable bonds is 4. The second kappa shape index (κ2) is 5.52. The van der Waals surface area contributed by atoms with Crippen LogP contribution in [-0.4, -0.2) is 23.6 Å². The van der Waals surface area contributed by atoms with Gasteiger partial charge in [0.25, 0.3) is 0 Å². The van der Waals surface area contributed by atoms with E-state index in [0.29, 0.717) is 5.56 Å². The molecule has 1 aromatic carbocycles. The van der Waals surface area contributed by atoms with E-state index < -0.39 is 11.6 Å². The first-order valence-corrected chi connectivity index (χ1v) is 5.07. The minimum Gasteiger partial charge on any atom is -0.341 e. The van der Waals surface area contributed by atoms with Gasteiger partial charge in [-0.05, 0) is 24.6 Å². The van der Waals surface area contributed by atoms with Gasteiger partial charge in [-0.3, -0.25) is 9.59 Å². The smallest absolute Gasteiger partial charge is 0.230 e. The van der Waals surface area contributed by atoms with E-state index in [1.54, 1.807) is 0 Å². The average Bonchev–Trinajstić information content (AvgIpc) is 2.22. The van der Waals surface area contributed by atoms with Gasteiger partial charge in [0.2, 0.25) is 5.91 Å². The number of hydrogen-bond donors (Lipinski definition) is 0. The van der Waals surface area contributed by atoms with Crippen LogP contribution in [0.15, 0.2) is 18.2 Å². The van der Waals surface area contributed by atoms with E-state index in [1.807, 2.05) is 0 Å². The summed E-state index contributed by atoms with van der Waals surface area (Å²) in [5.74, 6) is -2.45. The van der Waals surface area contributed by atoms with Crippen LogP contribution >= 0.6 is 0 Å². The SMILES string of the molecule is CC(=O)CC(=O)N(C)Cc1ccc(F)c(F)c1. The van der Waals surface area contributed by atoms with Crippen LogP contribution in [-0.2, 0) is 16.1 Å². The molecule has 17 heavy (non-hydrogen) atoms. The summed E-state index contributed by atoms with van der Waals surface area (Å²) in [6.07, 6.45) is -0.180. The number of carbonyl (C=O) groups excluding carboxylic acids is 2. The fourth-order valence-corrected chi connectivity index (χ4v) is 1.35. The standard InChI is InChI=1S/C12H13F2NO2/c1-8(16)5-12(17)15(2)7-9-3-4-10(13)11(14)6-9/h3-4,6H,5,7H2,1-2H3. The lowest BCUT2D eigenvalue weighted by Gasteiger charge is -2.16. The molecule has 0 aliphatic heterocycles. The molecule has 3 nitrogen and oxygen atoms in total. The summed E-state index contributed by atoms with van der Waals surface area (Å²) in [6, 6.07) is 3.44. The van der Waals surface area contributed by atoms with Crippen molar-refractivity contribution in [2.24, 2.45) is 0 Å². The Labute approximate surface area is 98.0 Å². The molecule has 0 fully saturated rings. The molecule has 1 aromatic rings.